The van der Waals surface area contributed by atoms with Gasteiger partial charge in [0.1, 0.15) is 5.69 Å². The second-order valence-electron chi connectivity index (χ2n) is 5.02. The van der Waals surface area contributed by atoms with E-state index in [1.54, 1.807) is 17.8 Å². The number of carbonyl (C=O) groups excluding carboxylic acids is 1. The Bertz CT molecular complexity index is 801. The van der Waals surface area contributed by atoms with Crippen LogP contribution in [0, 0.1) is 13.8 Å². The molecule has 1 N–H and O–H groups in total. The van der Waals surface area contributed by atoms with Crippen LogP contribution in [0.4, 0.5) is 5.13 Å². The number of amides is 1. The van der Waals surface area contributed by atoms with Crippen LogP contribution in [0.5, 0.6) is 0 Å². The van der Waals surface area contributed by atoms with Crippen molar-refractivity contribution in [3.8, 4) is 11.3 Å². The average Bonchev–Trinajstić information content (AvgIpc) is 3.03. The van der Waals surface area contributed by atoms with Crippen LogP contribution in [0.25, 0.3) is 11.3 Å². The van der Waals surface area contributed by atoms with Gasteiger partial charge in [-0.2, -0.15) is 5.10 Å². The topological polar surface area (TPSA) is 59.8 Å². The molecule has 1 amide bonds. The molecule has 0 aliphatic carbocycles. The van der Waals surface area contributed by atoms with Crippen LogP contribution in [-0.4, -0.2) is 20.7 Å². The SMILES string of the molecule is Cc1nc(NC(=O)c2cc(-c3ccccc3)nn2C)sc1C. The Labute approximate surface area is 132 Å². The standard InChI is InChI=1S/C16H16N4OS/c1-10-11(2)22-16(17-10)18-15(21)14-9-13(19-20(14)3)12-7-5-4-6-8-12/h4-9H,1-3H3,(H,17,18,21). The van der Waals surface area contributed by atoms with Crippen LogP contribution in [0.3, 0.4) is 0 Å². The molecule has 0 saturated carbocycles. The molecular weight excluding hydrogens is 296 g/mol. The summed E-state index contributed by atoms with van der Waals surface area (Å²) in [7, 11) is 1.76. The number of nitrogens with zero attached hydrogens (tertiary/aromatic N) is 3. The highest BCUT2D eigenvalue weighted by molar-refractivity contribution is 7.15. The predicted molar refractivity (Wildman–Crippen MR) is 88.2 cm³/mol. The van der Waals surface area contributed by atoms with Crippen molar-refractivity contribution in [2.75, 3.05) is 5.32 Å². The Morgan fingerprint density at radius 3 is 2.59 bits per heavy atom. The Kier molecular flexibility index (Phi) is 3.77. The molecule has 0 spiro atoms. The Morgan fingerprint density at radius 1 is 1.23 bits per heavy atom. The normalized spacial score (nSPS) is 10.7. The molecule has 0 radical (unpaired) electrons. The van der Waals surface area contributed by atoms with Gasteiger partial charge in [0, 0.05) is 17.5 Å². The van der Waals surface area contributed by atoms with Gasteiger partial charge in [-0.05, 0) is 19.9 Å². The second-order valence-corrected chi connectivity index (χ2v) is 6.22. The summed E-state index contributed by atoms with van der Waals surface area (Å²) in [5.41, 5.74) is 3.21. The molecule has 0 saturated heterocycles. The molecule has 0 atom stereocenters. The molecule has 0 aliphatic rings. The second kappa shape index (κ2) is 5.73. The van der Waals surface area contributed by atoms with Gasteiger partial charge in [0.05, 0.1) is 11.4 Å². The van der Waals surface area contributed by atoms with Gasteiger partial charge in [0.25, 0.3) is 5.91 Å². The maximum Gasteiger partial charge on any atom is 0.275 e. The molecule has 3 rings (SSSR count). The Morgan fingerprint density at radius 2 is 1.95 bits per heavy atom. The van der Waals surface area contributed by atoms with E-state index < -0.39 is 0 Å². The van der Waals surface area contributed by atoms with Crippen molar-refractivity contribution < 1.29 is 4.79 Å². The molecule has 3 aromatic rings. The van der Waals surface area contributed by atoms with Crippen molar-refractivity contribution in [1.82, 2.24) is 14.8 Å². The third-order valence-corrected chi connectivity index (χ3v) is 4.42. The number of hydrogen-bond donors (Lipinski definition) is 1. The molecule has 0 bridgehead atoms. The summed E-state index contributed by atoms with van der Waals surface area (Å²) in [6.07, 6.45) is 0. The van der Waals surface area contributed by atoms with Crippen LogP contribution in [0.1, 0.15) is 21.1 Å². The van der Waals surface area contributed by atoms with Crippen LogP contribution in [0.2, 0.25) is 0 Å². The summed E-state index contributed by atoms with van der Waals surface area (Å²) < 4.78 is 1.59. The van der Waals surface area contributed by atoms with Crippen molar-refractivity contribution in [3.63, 3.8) is 0 Å². The minimum atomic E-state index is -0.203. The lowest BCUT2D eigenvalue weighted by molar-refractivity contribution is 0.101. The van der Waals surface area contributed by atoms with Gasteiger partial charge in [-0.3, -0.25) is 14.8 Å². The number of benzene rings is 1. The van der Waals surface area contributed by atoms with E-state index in [0.717, 1.165) is 21.8 Å². The summed E-state index contributed by atoms with van der Waals surface area (Å²) in [5, 5.41) is 7.85. The van der Waals surface area contributed by atoms with Gasteiger partial charge >= 0.3 is 0 Å². The number of rotatable bonds is 3. The highest BCUT2D eigenvalue weighted by Crippen LogP contribution is 2.23. The van der Waals surface area contributed by atoms with E-state index in [1.165, 1.54) is 11.3 Å². The molecule has 5 nitrogen and oxygen atoms in total. The van der Waals surface area contributed by atoms with Gasteiger partial charge in [-0.15, -0.1) is 11.3 Å². The number of carbonyl (C=O) groups is 1. The summed E-state index contributed by atoms with van der Waals surface area (Å²) in [6, 6.07) is 11.6. The third-order valence-electron chi connectivity index (χ3n) is 3.43. The van der Waals surface area contributed by atoms with Crippen LogP contribution in [-0.2, 0) is 7.05 Å². The third kappa shape index (κ3) is 2.78. The van der Waals surface area contributed by atoms with Gasteiger partial charge in [0.2, 0.25) is 0 Å². The molecule has 0 unspecified atom stereocenters. The van der Waals surface area contributed by atoms with Gasteiger partial charge in [-0.1, -0.05) is 30.3 Å². The first-order chi connectivity index (χ1) is 10.5. The minimum absolute atomic E-state index is 0.203. The van der Waals surface area contributed by atoms with Crippen molar-refractivity contribution in [2.24, 2.45) is 7.05 Å². The summed E-state index contributed by atoms with van der Waals surface area (Å²) >= 11 is 1.47. The minimum Gasteiger partial charge on any atom is -0.296 e. The number of hydrogen-bond acceptors (Lipinski definition) is 4. The van der Waals surface area contributed by atoms with Crippen LogP contribution < -0.4 is 5.32 Å². The lowest BCUT2D eigenvalue weighted by Crippen LogP contribution is -2.15. The van der Waals surface area contributed by atoms with E-state index in [2.05, 4.69) is 15.4 Å². The summed E-state index contributed by atoms with van der Waals surface area (Å²) in [4.78, 5) is 17.8. The highest BCUT2D eigenvalue weighted by Gasteiger charge is 2.16. The van der Waals surface area contributed by atoms with E-state index in [-0.39, 0.29) is 5.91 Å². The van der Waals surface area contributed by atoms with E-state index in [9.17, 15) is 4.79 Å². The maximum absolute atomic E-state index is 12.4. The van der Waals surface area contributed by atoms with E-state index >= 15 is 0 Å². The number of nitrogens with one attached hydrogen (secondary N) is 1. The average molecular weight is 312 g/mol. The molecule has 1 aromatic carbocycles. The monoisotopic (exact) mass is 312 g/mol. The summed E-state index contributed by atoms with van der Waals surface area (Å²) in [6.45, 7) is 3.92. The van der Waals surface area contributed by atoms with Crippen molar-refractivity contribution >= 4 is 22.4 Å². The smallest absolute Gasteiger partial charge is 0.275 e. The van der Waals surface area contributed by atoms with Crippen LogP contribution >= 0.6 is 11.3 Å². The van der Waals surface area contributed by atoms with Crippen molar-refractivity contribution in [1.29, 1.82) is 0 Å². The maximum atomic E-state index is 12.4. The first-order valence-electron chi connectivity index (χ1n) is 6.89. The molecule has 2 aromatic heterocycles. The van der Waals surface area contributed by atoms with Gasteiger partial charge < -0.3 is 0 Å². The lowest BCUT2D eigenvalue weighted by Gasteiger charge is -2.00. The first kappa shape index (κ1) is 14.5. The fourth-order valence-corrected chi connectivity index (χ4v) is 2.93. The number of anilines is 1. The lowest BCUT2D eigenvalue weighted by atomic mass is 10.1. The zero-order chi connectivity index (χ0) is 15.7. The molecule has 0 fully saturated rings. The molecule has 6 heteroatoms. The van der Waals surface area contributed by atoms with Crippen molar-refractivity contribution in [2.45, 2.75) is 13.8 Å². The quantitative estimate of drug-likeness (QED) is 0.806. The van der Waals surface area contributed by atoms with Crippen molar-refractivity contribution in [3.05, 3.63) is 52.7 Å². The molecule has 2 heterocycles. The number of aromatic nitrogens is 3. The zero-order valence-electron chi connectivity index (χ0n) is 12.6. The number of aryl methyl sites for hydroxylation is 3. The van der Waals surface area contributed by atoms with Gasteiger partial charge in [-0.25, -0.2) is 4.98 Å². The number of thiazole rings is 1. The zero-order valence-corrected chi connectivity index (χ0v) is 13.4. The fraction of sp³-hybridized carbons (Fsp3) is 0.188. The molecule has 22 heavy (non-hydrogen) atoms. The van der Waals surface area contributed by atoms with E-state index in [4.69, 9.17) is 0 Å². The predicted octanol–water partition coefficient (Wildman–Crippen LogP) is 3.41. The van der Waals surface area contributed by atoms with Crippen LogP contribution in [0.15, 0.2) is 36.4 Å². The molecule has 112 valence electrons. The van der Waals surface area contributed by atoms with E-state index in [0.29, 0.717) is 10.8 Å². The molecule has 0 aliphatic heterocycles. The largest absolute Gasteiger partial charge is 0.296 e. The first-order valence-corrected chi connectivity index (χ1v) is 7.71. The Hall–Kier alpha value is -2.47. The fourth-order valence-electron chi connectivity index (χ4n) is 2.12. The summed E-state index contributed by atoms with van der Waals surface area (Å²) in [5.74, 6) is -0.203. The van der Waals surface area contributed by atoms with Gasteiger partial charge in [0.15, 0.2) is 5.13 Å². The van der Waals surface area contributed by atoms with E-state index in [1.807, 2.05) is 44.2 Å². The molecular formula is C16H16N4OS. The Balaban J connectivity index is 1.85. The highest BCUT2D eigenvalue weighted by atomic mass is 32.1.